The van der Waals surface area contributed by atoms with E-state index in [1.54, 1.807) is 0 Å². The van der Waals surface area contributed by atoms with Gasteiger partial charge in [-0.3, -0.25) is 4.90 Å². The molecule has 2 nitrogen and oxygen atoms in total. The van der Waals surface area contributed by atoms with Crippen LogP contribution in [0.4, 0.5) is 0 Å². The Bertz CT molecular complexity index is 532. The van der Waals surface area contributed by atoms with E-state index in [2.05, 4.69) is 41.3 Å². The molecular weight excluding hydrogens is 258 g/mol. The van der Waals surface area contributed by atoms with Crippen LogP contribution in [-0.4, -0.2) is 18.0 Å². The molecule has 1 aromatic carbocycles. The van der Waals surface area contributed by atoms with Gasteiger partial charge in [0.05, 0.1) is 6.26 Å². The third-order valence-corrected chi connectivity index (χ3v) is 4.42. The monoisotopic (exact) mass is 283 g/mol. The molecule has 2 aromatic rings. The number of hydrogen-bond donors (Lipinski definition) is 0. The number of fused-ring (bicyclic) bond motifs is 1. The Hall–Kier alpha value is -1.54. The lowest BCUT2D eigenvalue weighted by molar-refractivity contribution is 0.237. The van der Waals surface area contributed by atoms with Gasteiger partial charge in [-0.15, -0.1) is 0 Å². The first-order valence-electron chi connectivity index (χ1n) is 8.23. The van der Waals surface area contributed by atoms with Gasteiger partial charge in [0, 0.05) is 25.1 Å². The average Bonchev–Trinajstić information content (AvgIpc) is 2.99. The Morgan fingerprint density at radius 1 is 0.952 bits per heavy atom. The second kappa shape index (κ2) is 7.46. The van der Waals surface area contributed by atoms with Crippen LogP contribution in [0, 0.1) is 0 Å². The highest BCUT2D eigenvalue weighted by Gasteiger charge is 2.17. The van der Waals surface area contributed by atoms with Crippen LogP contribution in [0.25, 0.3) is 0 Å². The van der Waals surface area contributed by atoms with Crippen molar-refractivity contribution in [3.63, 3.8) is 0 Å². The van der Waals surface area contributed by atoms with Crippen molar-refractivity contribution < 1.29 is 4.42 Å². The summed E-state index contributed by atoms with van der Waals surface area (Å²) >= 11 is 0. The molecule has 0 aliphatic carbocycles. The van der Waals surface area contributed by atoms with Crippen LogP contribution in [0.1, 0.15) is 42.6 Å². The molecule has 0 amide bonds. The average molecular weight is 283 g/mol. The SMILES string of the molecule is c1ccc(CCCCCCN2CCc3occc3C2)cc1. The molecule has 21 heavy (non-hydrogen) atoms. The van der Waals surface area contributed by atoms with Crippen LogP contribution < -0.4 is 0 Å². The van der Waals surface area contributed by atoms with Crippen LogP contribution in [0.5, 0.6) is 0 Å². The normalized spacial score (nSPS) is 15.0. The largest absolute Gasteiger partial charge is 0.469 e. The summed E-state index contributed by atoms with van der Waals surface area (Å²) in [5.41, 5.74) is 2.87. The Kier molecular flexibility index (Phi) is 5.12. The summed E-state index contributed by atoms with van der Waals surface area (Å²) in [6.45, 7) is 3.47. The number of unbranched alkanes of at least 4 members (excludes halogenated alkanes) is 3. The number of furan rings is 1. The van der Waals surface area contributed by atoms with E-state index in [0.29, 0.717) is 0 Å². The molecule has 1 aliphatic heterocycles. The fourth-order valence-electron chi connectivity index (χ4n) is 3.16. The Labute approximate surface area is 127 Å². The zero-order valence-corrected chi connectivity index (χ0v) is 12.8. The highest BCUT2D eigenvalue weighted by molar-refractivity contribution is 5.19. The van der Waals surface area contributed by atoms with Crippen LogP contribution in [0.2, 0.25) is 0 Å². The maximum absolute atomic E-state index is 5.48. The van der Waals surface area contributed by atoms with Crippen molar-refractivity contribution in [3.05, 3.63) is 59.5 Å². The Morgan fingerprint density at radius 2 is 1.81 bits per heavy atom. The van der Waals surface area contributed by atoms with Crippen molar-refractivity contribution in [1.82, 2.24) is 4.90 Å². The molecule has 0 radical (unpaired) electrons. The van der Waals surface area contributed by atoms with E-state index < -0.39 is 0 Å². The summed E-state index contributed by atoms with van der Waals surface area (Å²) in [6, 6.07) is 13.0. The zero-order valence-electron chi connectivity index (χ0n) is 12.8. The summed E-state index contributed by atoms with van der Waals surface area (Å²) in [5, 5.41) is 0. The smallest absolute Gasteiger partial charge is 0.109 e. The topological polar surface area (TPSA) is 16.4 Å². The minimum atomic E-state index is 1.08. The van der Waals surface area contributed by atoms with Gasteiger partial charge in [-0.2, -0.15) is 0 Å². The van der Waals surface area contributed by atoms with Crippen molar-refractivity contribution in [2.75, 3.05) is 13.1 Å². The first kappa shape index (κ1) is 14.4. The number of nitrogens with zero attached hydrogens (tertiary/aromatic N) is 1. The van der Waals surface area contributed by atoms with Crippen molar-refractivity contribution >= 4 is 0 Å². The minimum absolute atomic E-state index is 1.08. The van der Waals surface area contributed by atoms with E-state index in [0.717, 1.165) is 19.5 Å². The molecule has 3 rings (SSSR count). The number of benzene rings is 1. The van der Waals surface area contributed by atoms with Gasteiger partial charge >= 0.3 is 0 Å². The van der Waals surface area contributed by atoms with Crippen molar-refractivity contribution in [3.8, 4) is 0 Å². The first-order chi connectivity index (χ1) is 10.4. The van der Waals surface area contributed by atoms with Crippen molar-refractivity contribution in [1.29, 1.82) is 0 Å². The van der Waals surface area contributed by atoms with E-state index in [9.17, 15) is 0 Å². The Balaban J connectivity index is 1.27. The third-order valence-electron chi connectivity index (χ3n) is 4.42. The molecule has 112 valence electrons. The maximum Gasteiger partial charge on any atom is 0.109 e. The van der Waals surface area contributed by atoms with Gasteiger partial charge in [0.1, 0.15) is 5.76 Å². The number of hydrogen-bond acceptors (Lipinski definition) is 2. The Morgan fingerprint density at radius 3 is 2.71 bits per heavy atom. The van der Waals surface area contributed by atoms with Gasteiger partial charge in [-0.25, -0.2) is 0 Å². The molecule has 0 N–H and O–H groups in total. The molecule has 1 aromatic heterocycles. The second-order valence-electron chi connectivity index (χ2n) is 6.04. The van der Waals surface area contributed by atoms with E-state index in [-0.39, 0.29) is 0 Å². The fourth-order valence-corrected chi connectivity index (χ4v) is 3.16. The van der Waals surface area contributed by atoms with Gasteiger partial charge in [-0.1, -0.05) is 43.2 Å². The quantitative estimate of drug-likeness (QED) is 0.698. The fraction of sp³-hybridized carbons (Fsp3) is 0.474. The molecule has 0 saturated carbocycles. The van der Waals surface area contributed by atoms with Crippen LogP contribution >= 0.6 is 0 Å². The standard InChI is InChI=1S/C19H25NO/c1(4-8-17-9-5-3-6-10-17)2-7-13-20-14-11-19-18(16-20)12-15-21-19/h3,5-6,9-10,12,15H,1-2,4,7-8,11,13-14,16H2. The molecule has 2 heteroatoms. The molecule has 0 saturated heterocycles. The van der Waals surface area contributed by atoms with Gasteiger partial charge in [0.15, 0.2) is 0 Å². The summed E-state index contributed by atoms with van der Waals surface area (Å²) < 4.78 is 5.48. The predicted octanol–water partition coefficient (Wildman–Crippen LogP) is 4.44. The summed E-state index contributed by atoms with van der Waals surface area (Å²) in [6.07, 6.45) is 9.47. The number of aryl methyl sites for hydroxylation is 1. The molecule has 0 bridgehead atoms. The molecule has 2 heterocycles. The summed E-state index contributed by atoms with van der Waals surface area (Å²) in [4.78, 5) is 2.56. The predicted molar refractivity (Wildman–Crippen MR) is 86.3 cm³/mol. The summed E-state index contributed by atoms with van der Waals surface area (Å²) in [5.74, 6) is 1.20. The van der Waals surface area contributed by atoms with Crippen molar-refractivity contribution in [2.45, 2.75) is 45.1 Å². The van der Waals surface area contributed by atoms with E-state index >= 15 is 0 Å². The van der Waals surface area contributed by atoms with Crippen LogP contribution in [0.15, 0.2) is 47.1 Å². The van der Waals surface area contributed by atoms with Gasteiger partial charge in [0.2, 0.25) is 0 Å². The maximum atomic E-state index is 5.48. The summed E-state index contributed by atoms with van der Waals surface area (Å²) in [7, 11) is 0. The highest BCUT2D eigenvalue weighted by atomic mass is 16.3. The third kappa shape index (κ3) is 4.21. The van der Waals surface area contributed by atoms with Gasteiger partial charge < -0.3 is 4.42 Å². The molecule has 0 atom stereocenters. The zero-order chi connectivity index (χ0) is 14.3. The molecule has 0 fully saturated rings. The highest BCUT2D eigenvalue weighted by Crippen LogP contribution is 2.20. The number of rotatable bonds is 7. The van der Waals surface area contributed by atoms with Gasteiger partial charge in [-0.05, 0) is 37.4 Å². The molecule has 0 spiro atoms. The first-order valence-corrected chi connectivity index (χ1v) is 8.23. The van der Waals surface area contributed by atoms with Gasteiger partial charge in [0.25, 0.3) is 0 Å². The molecule has 0 unspecified atom stereocenters. The molecule has 1 aliphatic rings. The lowest BCUT2D eigenvalue weighted by Gasteiger charge is -2.25. The van der Waals surface area contributed by atoms with Crippen molar-refractivity contribution in [2.24, 2.45) is 0 Å². The lowest BCUT2D eigenvalue weighted by Crippen LogP contribution is -2.30. The lowest BCUT2D eigenvalue weighted by atomic mass is 10.1. The molecular formula is C19H25NO. The van der Waals surface area contributed by atoms with E-state index in [4.69, 9.17) is 4.42 Å². The van der Waals surface area contributed by atoms with Crippen LogP contribution in [-0.2, 0) is 19.4 Å². The van der Waals surface area contributed by atoms with Crippen LogP contribution in [0.3, 0.4) is 0 Å². The minimum Gasteiger partial charge on any atom is -0.469 e. The van der Waals surface area contributed by atoms with E-state index in [1.165, 1.54) is 55.5 Å². The second-order valence-corrected chi connectivity index (χ2v) is 6.04. The van der Waals surface area contributed by atoms with E-state index in [1.807, 2.05) is 6.26 Å².